The van der Waals surface area contributed by atoms with Crippen LogP contribution in [0.25, 0.3) is 0 Å². The van der Waals surface area contributed by atoms with Crippen molar-refractivity contribution in [3.63, 3.8) is 0 Å². The van der Waals surface area contributed by atoms with E-state index >= 15 is 0 Å². The summed E-state index contributed by atoms with van der Waals surface area (Å²) in [6.07, 6.45) is 0. The third kappa shape index (κ3) is 3.05. The van der Waals surface area contributed by atoms with Gasteiger partial charge in [-0.1, -0.05) is 23.4 Å². The molecule has 0 fully saturated rings. The van der Waals surface area contributed by atoms with Crippen LogP contribution in [0.3, 0.4) is 0 Å². The van der Waals surface area contributed by atoms with Gasteiger partial charge >= 0.3 is 18.9 Å². The molecule has 0 radical (unpaired) electrons. The molecule has 0 aromatic heterocycles. The second-order valence-electron chi connectivity index (χ2n) is 2.43. The normalized spacial score (nSPS) is 10.6. The van der Waals surface area contributed by atoms with Gasteiger partial charge in [-0.25, -0.2) is 0 Å². The van der Waals surface area contributed by atoms with Gasteiger partial charge in [-0.05, 0) is 13.0 Å². The Hall–Kier alpha value is -0.473. The average Bonchev–Trinajstić information content (AvgIpc) is 1.83. The van der Waals surface area contributed by atoms with Gasteiger partial charge in [0.2, 0.25) is 0 Å². The third-order valence-corrected chi connectivity index (χ3v) is 2.27. The summed E-state index contributed by atoms with van der Waals surface area (Å²) in [6, 6.07) is 3.70. The number of rotatable bonds is 1. The van der Waals surface area contributed by atoms with Crippen LogP contribution in [-0.4, -0.2) is 13.0 Å². The van der Waals surface area contributed by atoms with Gasteiger partial charge in [0.25, 0.3) is 10.1 Å². The van der Waals surface area contributed by atoms with E-state index in [0.29, 0.717) is 5.56 Å². The van der Waals surface area contributed by atoms with Gasteiger partial charge in [-0.2, -0.15) is 8.42 Å². The Kier molecular flexibility index (Phi) is 4.01. The molecule has 4 nitrogen and oxygen atoms in total. The van der Waals surface area contributed by atoms with Crippen LogP contribution in [0.1, 0.15) is 5.56 Å². The number of aryl methyl sites for hydroxylation is 1. The minimum Gasteiger partial charge on any atom is -0.872 e. The summed E-state index contributed by atoms with van der Waals surface area (Å²) in [5.41, 5.74) is 0.660. The Morgan fingerprint density at radius 3 is 2.31 bits per heavy atom. The van der Waals surface area contributed by atoms with Crippen molar-refractivity contribution in [1.29, 1.82) is 0 Å². The van der Waals surface area contributed by atoms with Gasteiger partial charge in [0.15, 0.2) is 0 Å². The second kappa shape index (κ2) is 4.16. The molecule has 0 amide bonds. The molecule has 1 aromatic carbocycles. The molecular weight excluding hydrogens is 187 g/mol. The largest absolute Gasteiger partial charge is 1.00 e. The minimum atomic E-state index is -4.36. The molecule has 1 aromatic rings. The minimum absolute atomic E-state index is 0. The average molecular weight is 194 g/mol. The van der Waals surface area contributed by atoms with E-state index < -0.39 is 20.8 Å². The van der Waals surface area contributed by atoms with Crippen molar-refractivity contribution in [2.24, 2.45) is 0 Å². The quantitative estimate of drug-likeness (QED) is 0.390. The van der Waals surface area contributed by atoms with Crippen molar-refractivity contribution in [1.82, 2.24) is 0 Å². The Morgan fingerprint density at radius 2 is 1.92 bits per heavy atom. The molecule has 1 rings (SSSR count). The zero-order chi connectivity index (χ0) is 9.35. The van der Waals surface area contributed by atoms with Crippen LogP contribution in [0.5, 0.6) is 5.75 Å². The number of hydrogen-bond donors (Lipinski definition) is 1. The molecule has 66 valence electrons. The zero-order valence-electron chi connectivity index (χ0n) is 7.31. The molecule has 0 aliphatic heterocycles. The first-order valence-corrected chi connectivity index (χ1v) is 4.60. The Bertz CT molecular complexity index is 399. The van der Waals surface area contributed by atoms with Crippen LogP contribution in [0, 0.1) is 6.92 Å². The zero-order valence-corrected chi connectivity index (χ0v) is 8.13. The van der Waals surface area contributed by atoms with Crippen LogP contribution < -0.4 is 24.0 Å². The summed E-state index contributed by atoms with van der Waals surface area (Å²) in [7, 11) is -4.36. The number of benzene rings is 1. The molecule has 0 spiro atoms. The molecule has 0 saturated heterocycles. The maximum atomic E-state index is 10.9. The monoisotopic (exact) mass is 194 g/mol. The maximum Gasteiger partial charge on any atom is 1.00 e. The first-order valence-electron chi connectivity index (χ1n) is 3.16. The van der Waals surface area contributed by atoms with Gasteiger partial charge in [0, 0.05) is 0 Å². The summed E-state index contributed by atoms with van der Waals surface area (Å²) in [5, 5.41) is 10.9. The van der Waals surface area contributed by atoms with Crippen molar-refractivity contribution < 1.29 is 36.9 Å². The standard InChI is InChI=1S/C7H8O4S.Li/c1-5-2-3-7(6(8)4-5)12(9,10)11;/h2-4,8H,1H3,(H,9,10,11);/q;+1/p-1. The van der Waals surface area contributed by atoms with E-state index in [1.807, 2.05) is 0 Å². The van der Waals surface area contributed by atoms with Crippen LogP contribution >= 0.6 is 0 Å². The van der Waals surface area contributed by atoms with E-state index in [4.69, 9.17) is 4.55 Å². The first kappa shape index (κ1) is 12.5. The molecule has 0 unspecified atom stereocenters. The van der Waals surface area contributed by atoms with Crippen molar-refractivity contribution in [2.75, 3.05) is 0 Å². The molecular formula is C7H7LiO4S. The van der Waals surface area contributed by atoms with Crippen molar-refractivity contribution in [3.8, 4) is 5.75 Å². The predicted octanol–water partition coefficient (Wildman–Crippen LogP) is -2.68. The van der Waals surface area contributed by atoms with Crippen LogP contribution in [0.4, 0.5) is 0 Å². The molecule has 13 heavy (non-hydrogen) atoms. The fourth-order valence-electron chi connectivity index (χ4n) is 0.828. The first-order chi connectivity index (χ1) is 5.41. The summed E-state index contributed by atoms with van der Waals surface area (Å²) in [5.74, 6) is -0.683. The maximum absolute atomic E-state index is 10.9. The smallest absolute Gasteiger partial charge is 0.872 e. The SMILES string of the molecule is Cc1ccc(S(=O)(=O)O)c([O-])c1.[Li+]. The molecule has 0 aliphatic carbocycles. The Balaban J connectivity index is 0.00000144. The van der Waals surface area contributed by atoms with Gasteiger partial charge in [0.1, 0.15) is 0 Å². The van der Waals surface area contributed by atoms with E-state index in [1.54, 1.807) is 6.92 Å². The van der Waals surface area contributed by atoms with E-state index in [9.17, 15) is 13.5 Å². The molecule has 0 aliphatic rings. The van der Waals surface area contributed by atoms with Crippen LogP contribution in [-0.2, 0) is 10.1 Å². The van der Waals surface area contributed by atoms with Gasteiger partial charge in [0.05, 0.1) is 4.90 Å². The molecule has 0 heterocycles. The van der Waals surface area contributed by atoms with E-state index in [1.165, 1.54) is 6.07 Å². The van der Waals surface area contributed by atoms with Crippen molar-refractivity contribution in [2.45, 2.75) is 11.8 Å². The third-order valence-electron chi connectivity index (χ3n) is 1.38. The molecule has 6 heteroatoms. The topological polar surface area (TPSA) is 77.4 Å². The summed E-state index contributed by atoms with van der Waals surface area (Å²) in [6.45, 7) is 1.66. The van der Waals surface area contributed by atoms with Crippen LogP contribution in [0.15, 0.2) is 23.1 Å². The Morgan fingerprint density at radius 1 is 1.38 bits per heavy atom. The second-order valence-corrected chi connectivity index (χ2v) is 3.82. The fraction of sp³-hybridized carbons (Fsp3) is 0.143. The van der Waals surface area contributed by atoms with Crippen molar-refractivity contribution >= 4 is 10.1 Å². The van der Waals surface area contributed by atoms with Crippen LogP contribution in [0.2, 0.25) is 0 Å². The fourth-order valence-corrected chi connectivity index (χ4v) is 1.38. The molecule has 0 bridgehead atoms. The van der Waals surface area contributed by atoms with E-state index in [-0.39, 0.29) is 18.9 Å². The number of hydrogen-bond acceptors (Lipinski definition) is 3. The molecule has 0 saturated carbocycles. The van der Waals surface area contributed by atoms with E-state index in [2.05, 4.69) is 0 Å². The van der Waals surface area contributed by atoms with E-state index in [0.717, 1.165) is 12.1 Å². The van der Waals surface area contributed by atoms with Crippen molar-refractivity contribution in [3.05, 3.63) is 23.8 Å². The summed E-state index contributed by atoms with van der Waals surface area (Å²) < 4.78 is 29.6. The predicted molar refractivity (Wildman–Crippen MR) is 40.4 cm³/mol. The van der Waals surface area contributed by atoms with Gasteiger partial charge in [-0.3, -0.25) is 4.55 Å². The molecule has 1 N–H and O–H groups in total. The Labute approximate surface area is 88.5 Å². The van der Waals surface area contributed by atoms with Gasteiger partial charge in [-0.15, -0.1) is 0 Å². The molecule has 0 atom stereocenters. The summed E-state index contributed by atoms with van der Waals surface area (Å²) in [4.78, 5) is -0.576. The van der Waals surface area contributed by atoms with Gasteiger partial charge < -0.3 is 5.11 Å². The summed E-state index contributed by atoms with van der Waals surface area (Å²) >= 11 is 0.